The highest BCUT2D eigenvalue weighted by molar-refractivity contribution is 7.71. The van der Waals surface area contributed by atoms with Crippen molar-refractivity contribution in [2.75, 3.05) is 7.11 Å². The highest BCUT2D eigenvalue weighted by Crippen LogP contribution is 2.12. The first kappa shape index (κ1) is 8.66. The minimum absolute atomic E-state index is 0.0856. The quantitative estimate of drug-likeness (QED) is 0.669. The average Bonchev–Trinajstić information content (AvgIpc) is 2.04. The van der Waals surface area contributed by atoms with Crippen molar-refractivity contribution in [1.29, 1.82) is 0 Å². The van der Waals surface area contributed by atoms with Crippen molar-refractivity contribution in [3.63, 3.8) is 0 Å². The van der Waals surface area contributed by atoms with Crippen molar-refractivity contribution in [3.05, 3.63) is 16.7 Å². The Hall–Kier alpha value is -1.43. The second kappa shape index (κ2) is 3.31. The highest BCUT2D eigenvalue weighted by atomic mass is 32.1. The van der Waals surface area contributed by atoms with Crippen LogP contribution >= 0.6 is 12.2 Å². The van der Waals surface area contributed by atoms with Crippen LogP contribution in [0.4, 0.5) is 0 Å². The fraction of sp³-hybridized carbons (Fsp3) is 0.167. The Balaban J connectivity index is 3.31. The van der Waals surface area contributed by atoms with Crippen molar-refractivity contribution in [1.82, 2.24) is 9.97 Å². The molecule has 0 amide bonds. The van der Waals surface area contributed by atoms with Gasteiger partial charge in [0.15, 0.2) is 16.2 Å². The molecule has 0 fully saturated rings. The predicted molar refractivity (Wildman–Crippen MR) is 42.9 cm³/mol. The highest BCUT2D eigenvalue weighted by Gasteiger charge is 2.10. The van der Waals surface area contributed by atoms with Gasteiger partial charge in [0, 0.05) is 0 Å². The number of hydrogen-bond donors (Lipinski definition) is 2. The molecule has 0 unspecified atom stereocenters. The van der Waals surface area contributed by atoms with Gasteiger partial charge >= 0.3 is 5.97 Å². The summed E-state index contributed by atoms with van der Waals surface area (Å²) in [7, 11) is 1.36. The summed E-state index contributed by atoms with van der Waals surface area (Å²) >= 11 is 4.64. The van der Waals surface area contributed by atoms with E-state index in [1.54, 1.807) is 0 Å². The normalized spacial score (nSPS) is 9.42. The number of ether oxygens (including phenoxy) is 1. The Morgan fingerprint density at radius 3 is 3.00 bits per heavy atom. The summed E-state index contributed by atoms with van der Waals surface area (Å²) in [5.41, 5.74) is -0.0856. The minimum atomic E-state index is -1.12. The fourth-order valence-corrected chi connectivity index (χ4v) is 0.851. The Kier molecular flexibility index (Phi) is 2.39. The number of methoxy groups -OCH3 is 1. The molecule has 1 rings (SSSR count). The van der Waals surface area contributed by atoms with Crippen LogP contribution in [0.5, 0.6) is 5.75 Å². The number of hydrogen-bond acceptors (Lipinski definition) is 4. The lowest BCUT2D eigenvalue weighted by atomic mass is 10.4. The van der Waals surface area contributed by atoms with Gasteiger partial charge in [-0.25, -0.2) is 9.78 Å². The summed E-state index contributed by atoms with van der Waals surface area (Å²) < 4.78 is 4.86. The van der Waals surface area contributed by atoms with Crippen LogP contribution in [0.1, 0.15) is 10.5 Å². The number of carboxylic acids is 1. The molecule has 0 saturated heterocycles. The van der Waals surface area contributed by atoms with Crippen molar-refractivity contribution < 1.29 is 14.6 Å². The molecule has 0 aliphatic rings. The van der Waals surface area contributed by atoms with E-state index < -0.39 is 5.97 Å². The van der Waals surface area contributed by atoms with Crippen LogP contribution < -0.4 is 4.74 Å². The van der Waals surface area contributed by atoms with Crippen LogP contribution in [0, 0.1) is 4.77 Å². The monoisotopic (exact) mass is 186 g/mol. The number of carbonyl (C=O) groups is 1. The van der Waals surface area contributed by atoms with Crippen LogP contribution in [0.3, 0.4) is 0 Å². The van der Waals surface area contributed by atoms with Gasteiger partial charge < -0.3 is 14.8 Å². The minimum Gasteiger partial charge on any atom is -0.493 e. The molecule has 1 aromatic heterocycles. The number of aromatic amines is 1. The molecule has 5 nitrogen and oxygen atoms in total. The molecule has 0 bridgehead atoms. The summed E-state index contributed by atoms with van der Waals surface area (Å²) in [5, 5.41) is 8.64. The number of nitrogens with one attached hydrogen (secondary N) is 1. The van der Waals surface area contributed by atoms with Gasteiger partial charge in [0.2, 0.25) is 0 Å². The molecule has 0 radical (unpaired) electrons. The first-order chi connectivity index (χ1) is 5.65. The van der Waals surface area contributed by atoms with E-state index in [-0.39, 0.29) is 16.2 Å². The summed E-state index contributed by atoms with van der Waals surface area (Å²) in [5.74, 6) is -0.962. The van der Waals surface area contributed by atoms with Crippen molar-refractivity contribution in [2.45, 2.75) is 0 Å². The third kappa shape index (κ3) is 1.59. The molecule has 0 saturated carbocycles. The van der Waals surface area contributed by atoms with Crippen LogP contribution in [-0.2, 0) is 0 Å². The molecule has 1 aromatic rings. The third-order valence-electron chi connectivity index (χ3n) is 1.21. The maximum absolute atomic E-state index is 10.5. The van der Waals surface area contributed by atoms with E-state index in [0.29, 0.717) is 0 Å². The van der Waals surface area contributed by atoms with Gasteiger partial charge in [-0.3, -0.25) is 0 Å². The maximum atomic E-state index is 10.5. The maximum Gasteiger partial charge on any atom is 0.356 e. The van der Waals surface area contributed by atoms with E-state index in [4.69, 9.17) is 9.84 Å². The Morgan fingerprint density at radius 2 is 2.50 bits per heavy atom. The SMILES string of the molecule is COc1cnc(=S)[nH]c1C(=O)O. The standard InChI is InChI=1S/C6H6N2O3S/c1-11-3-2-7-6(12)8-4(3)5(9)10/h2H,1H3,(H,9,10)(H,7,8,12). The van der Waals surface area contributed by atoms with Gasteiger partial charge in [0.25, 0.3) is 0 Å². The van der Waals surface area contributed by atoms with Crippen LogP contribution in [0.2, 0.25) is 0 Å². The topological polar surface area (TPSA) is 75.2 Å². The summed E-state index contributed by atoms with van der Waals surface area (Å²) in [6, 6.07) is 0. The smallest absolute Gasteiger partial charge is 0.356 e. The number of H-pyrrole nitrogens is 1. The van der Waals surface area contributed by atoms with Gasteiger partial charge in [-0.1, -0.05) is 0 Å². The first-order valence-corrected chi connectivity index (χ1v) is 3.42. The Morgan fingerprint density at radius 1 is 1.83 bits per heavy atom. The third-order valence-corrected chi connectivity index (χ3v) is 1.42. The molecule has 0 aliphatic carbocycles. The van der Waals surface area contributed by atoms with E-state index in [1.807, 2.05) is 0 Å². The molecule has 64 valence electrons. The zero-order chi connectivity index (χ0) is 9.14. The lowest BCUT2D eigenvalue weighted by molar-refractivity contribution is 0.0686. The zero-order valence-corrected chi connectivity index (χ0v) is 7.01. The number of aromatic nitrogens is 2. The lowest BCUT2D eigenvalue weighted by Gasteiger charge is -2.01. The summed E-state index contributed by atoms with van der Waals surface area (Å²) in [4.78, 5) is 16.6. The molecule has 0 atom stereocenters. The van der Waals surface area contributed by atoms with Crippen LogP contribution in [0.25, 0.3) is 0 Å². The Bertz CT molecular complexity index is 360. The first-order valence-electron chi connectivity index (χ1n) is 3.01. The van der Waals surface area contributed by atoms with E-state index in [0.717, 1.165) is 0 Å². The van der Waals surface area contributed by atoms with E-state index in [9.17, 15) is 4.79 Å². The number of nitrogens with zero attached hydrogens (tertiary/aromatic N) is 1. The van der Waals surface area contributed by atoms with Crippen LogP contribution in [0.15, 0.2) is 6.20 Å². The predicted octanol–water partition coefficient (Wildman–Crippen LogP) is 0.846. The van der Waals surface area contributed by atoms with Gasteiger partial charge in [0.05, 0.1) is 13.3 Å². The molecular weight excluding hydrogens is 180 g/mol. The molecule has 6 heteroatoms. The van der Waals surface area contributed by atoms with Crippen molar-refractivity contribution >= 4 is 18.2 Å². The van der Waals surface area contributed by atoms with Gasteiger partial charge in [0.1, 0.15) is 0 Å². The second-order valence-electron chi connectivity index (χ2n) is 1.94. The molecule has 0 aromatic carbocycles. The molecule has 0 aliphatic heterocycles. The molecule has 12 heavy (non-hydrogen) atoms. The van der Waals surface area contributed by atoms with E-state index in [1.165, 1.54) is 13.3 Å². The van der Waals surface area contributed by atoms with Crippen molar-refractivity contribution in [3.8, 4) is 5.75 Å². The fourth-order valence-electron chi connectivity index (χ4n) is 0.696. The summed E-state index contributed by atoms with van der Waals surface area (Å²) in [6.07, 6.45) is 1.27. The zero-order valence-electron chi connectivity index (χ0n) is 6.20. The molecule has 2 N–H and O–H groups in total. The molecule has 0 spiro atoms. The van der Waals surface area contributed by atoms with Gasteiger partial charge in [-0.15, -0.1) is 0 Å². The molecular formula is C6H6N2O3S. The number of aromatic carboxylic acids is 1. The van der Waals surface area contributed by atoms with E-state index >= 15 is 0 Å². The van der Waals surface area contributed by atoms with Gasteiger partial charge in [-0.2, -0.15) is 0 Å². The number of rotatable bonds is 2. The second-order valence-corrected chi connectivity index (χ2v) is 2.32. The van der Waals surface area contributed by atoms with Crippen LogP contribution in [-0.4, -0.2) is 28.2 Å². The molecule has 1 heterocycles. The van der Waals surface area contributed by atoms with E-state index in [2.05, 4.69) is 22.2 Å². The average molecular weight is 186 g/mol. The van der Waals surface area contributed by atoms with Gasteiger partial charge in [-0.05, 0) is 12.2 Å². The number of carboxylic acid groups (broad SMARTS) is 1. The Labute approximate surface area is 73.0 Å². The van der Waals surface area contributed by atoms with Crippen molar-refractivity contribution in [2.24, 2.45) is 0 Å². The summed E-state index contributed by atoms with van der Waals surface area (Å²) in [6.45, 7) is 0. The lowest BCUT2D eigenvalue weighted by Crippen LogP contribution is -2.04. The largest absolute Gasteiger partial charge is 0.493 e.